The number of aromatic amines is 1. The van der Waals surface area contributed by atoms with Gasteiger partial charge >= 0.3 is 0 Å². The summed E-state index contributed by atoms with van der Waals surface area (Å²) in [5.41, 5.74) is 15.8. The third-order valence-corrected chi connectivity index (χ3v) is 17.4. The number of nitrogens with one attached hydrogen (secondary N) is 3. The van der Waals surface area contributed by atoms with Crippen molar-refractivity contribution in [2.45, 2.75) is 96.9 Å². The molecule has 8 aromatic heterocycles. The summed E-state index contributed by atoms with van der Waals surface area (Å²) in [6.45, 7) is 13.7. The molecule has 18 rings (SSSR count). The van der Waals surface area contributed by atoms with Gasteiger partial charge in [-0.15, -0.1) is 0 Å². The second-order valence-electron chi connectivity index (χ2n) is 24.7. The Morgan fingerprint density at radius 1 is 0.596 bits per heavy atom. The molecule has 3 N–H and O–H groups in total. The van der Waals surface area contributed by atoms with Crippen molar-refractivity contribution >= 4 is 52.6 Å². The van der Waals surface area contributed by atoms with Gasteiger partial charge in [0.15, 0.2) is 24.2 Å². The number of pyridine rings is 5. The van der Waals surface area contributed by atoms with E-state index in [0.29, 0.717) is 66.2 Å². The first-order valence-corrected chi connectivity index (χ1v) is 31.7. The zero-order chi connectivity index (χ0) is 64.7. The summed E-state index contributed by atoms with van der Waals surface area (Å²) in [5, 5.41) is 14.2. The van der Waals surface area contributed by atoms with E-state index in [1.165, 1.54) is 47.9 Å². The number of rotatable bonds is 14. The fraction of sp³-hybridized carbons (Fsp3) is 0.274. The van der Waals surface area contributed by atoms with Gasteiger partial charge in [0.2, 0.25) is 0 Å². The number of halogens is 2. The number of allylic oxidation sites excluding steroid dienone is 12. The summed E-state index contributed by atoms with van der Waals surface area (Å²) in [5.74, 6) is 4.75. The molecule has 6 fully saturated rings. The molecule has 0 aromatic carbocycles. The number of nitrogens with zero attached hydrogens (tertiary/aromatic N) is 14. The molecule has 15 heterocycles. The molecule has 474 valence electrons. The van der Waals surface area contributed by atoms with Gasteiger partial charge in [0, 0.05) is 153 Å². The van der Waals surface area contributed by atoms with Crippen LogP contribution in [0.3, 0.4) is 0 Å². The van der Waals surface area contributed by atoms with Crippen molar-refractivity contribution in [3.8, 4) is 22.8 Å². The number of fused-ring (bicyclic) bond motifs is 4. The van der Waals surface area contributed by atoms with Gasteiger partial charge in [-0.2, -0.15) is 5.10 Å². The fourth-order valence-corrected chi connectivity index (χ4v) is 12.6. The number of aliphatic imine (C=N–C) groups is 1. The first kappa shape index (κ1) is 62.3. The number of carbonyl (C=O) groups excluding carboxylic acids is 2. The predicted molar refractivity (Wildman–Crippen MR) is 362 cm³/mol. The smallest absolute Gasteiger partial charge is 0.163 e. The standard InChI is InChI=1S/C31H31FN8.C20H23N7.C11H8FNO.C11H9NO/c1-19-9-25(12-26-10-20(2)37-38-26)36-31(35-19)23-5-8-30(34-15-23)39-17-27-13-28(18-39)40(27)16-21-3-7-29(33-14-21)22-4-6-24(32)11-22;1-12-5-17(21-8-12)25-18-6-13(2)23-20(26-18)14-3-4-19(22-9-14)27-10-15-7-16(11-27)24-15;12-10-3-2-9(5-10)11-4-1-8(7-14)6-13-11;13-8-9-5-6-11(12-7-9)10-3-1-2-4-10/h3-10,14-15,27-28H,11-13,16-18H2,1-2H3,(H,37,38);3-6,9,15-16,24H,7-8,10-11H2,1-2H3,(H,21,23,25,26);1-4,6-7H,5H2;1-3,5-8H,4H2. The molecular formula is C73H71F2N17O2. The third kappa shape index (κ3) is 15.2. The summed E-state index contributed by atoms with van der Waals surface area (Å²) in [6.07, 6.45) is 29.8. The summed E-state index contributed by atoms with van der Waals surface area (Å²) >= 11 is 0. The Morgan fingerprint density at radius 3 is 1.69 bits per heavy atom. The molecule has 19 nitrogen and oxygen atoms in total. The lowest BCUT2D eigenvalue weighted by atomic mass is 9.87. The summed E-state index contributed by atoms with van der Waals surface area (Å²) in [6, 6.07) is 27.7. The SMILES string of the molecule is CC1=CC(Nc2cc(C)nc(-c3ccc(N4CC5CC(C4)N5)nc3)n2)=NC1.Cc1cc(Cc2cc(C)[nH]n2)nc(-c2ccc(N3CC4CC(C3)N4Cc3ccc(C4=CC=C(F)C4)nc3)nc2)n1.O=Cc1ccc(C2=CC=C(F)C2)nc1.O=Cc1ccc(C2=CC=CC2)nc1. The highest BCUT2D eigenvalue weighted by molar-refractivity contribution is 6.05. The molecular weight excluding hydrogens is 1180 g/mol. The van der Waals surface area contributed by atoms with Crippen molar-refractivity contribution in [2.75, 3.05) is 47.8 Å². The lowest BCUT2D eigenvalue weighted by molar-refractivity contribution is -0.00875. The van der Waals surface area contributed by atoms with Crippen molar-refractivity contribution in [1.82, 2.24) is 65.3 Å². The summed E-state index contributed by atoms with van der Waals surface area (Å²) < 4.78 is 26.1. The quantitative estimate of drug-likeness (QED) is 0.0861. The highest BCUT2D eigenvalue weighted by Crippen LogP contribution is 2.37. The van der Waals surface area contributed by atoms with Gasteiger partial charge in [0.05, 0.1) is 35.0 Å². The Balaban J connectivity index is 0.000000127. The third-order valence-electron chi connectivity index (χ3n) is 17.4. The van der Waals surface area contributed by atoms with Gasteiger partial charge in [-0.25, -0.2) is 38.7 Å². The maximum absolute atomic E-state index is 13.4. The van der Waals surface area contributed by atoms with Crippen LogP contribution in [-0.2, 0) is 13.0 Å². The zero-order valence-corrected chi connectivity index (χ0v) is 52.8. The van der Waals surface area contributed by atoms with Gasteiger partial charge < -0.3 is 20.4 Å². The van der Waals surface area contributed by atoms with E-state index in [4.69, 9.17) is 9.97 Å². The molecule has 4 unspecified atom stereocenters. The molecule has 6 saturated heterocycles. The van der Waals surface area contributed by atoms with Crippen molar-refractivity contribution in [3.05, 3.63) is 238 Å². The average molecular weight is 1260 g/mol. The van der Waals surface area contributed by atoms with E-state index in [2.05, 4.69) is 119 Å². The van der Waals surface area contributed by atoms with Gasteiger partial charge in [-0.3, -0.25) is 39.5 Å². The number of anilines is 3. The average Bonchev–Trinajstić information content (AvgIpc) is 0.960. The van der Waals surface area contributed by atoms with Gasteiger partial charge in [-0.05, 0) is 160 Å². The van der Waals surface area contributed by atoms with E-state index >= 15 is 0 Å². The van der Waals surface area contributed by atoms with Crippen LogP contribution < -0.4 is 20.4 Å². The second-order valence-corrected chi connectivity index (χ2v) is 24.7. The van der Waals surface area contributed by atoms with Crippen molar-refractivity contribution < 1.29 is 18.4 Å². The van der Waals surface area contributed by atoms with Crippen LogP contribution in [0.1, 0.15) is 111 Å². The monoisotopic (exact) mass is 1260 g/mol. The van der Waals surface area contributed by atoms with E-state index in [9.17, 15) is 18.4 Å². The van der Waals surface area contributed by atoms with Crippen molar-refractivity contribution in [2.24, 2.45) is 4.99 Å². The molecule has 7 aliphatic heterocycles. The van der Waals surface area contributed by atoms with E-state index in [1.54, 1.807) is 30.5 Å². The number of aryl methyl sites for hydroxylation is 3. The van der Waals surface area contributed by atoms with Crippen LogP contribution in [0, 0.1) is 20.8 Å². The number of hydrogen-bond acceptors (Lipinski definition) is 18. The Morgan fingerprint density at radius 2 is 1.19 bits per heavy atom. The number of piperazine rings is 2. The summed E-state index contributed by atoms with van der Waals surface area (Å²) in [7, 11) is 0. The van der Waals surface area contributed by atoms with E-state index in [1.807, 2.05) is 94.0 Å². The number of aromatic nitrogens is 11. The Hall–Kier alpha value is -10.5. The molecule has 4 atom stereocenters. The van der Waals surface area contributed by atoms with Gasteiger partial charge in [0.1, 0.15) is 34.9 Å². The van der Waals surface area contributed by atoms with E-state index in [-0.39, 0.29) is 11.7 Å². The highest BCUT2D eigenvalue weighted by atomic mass is 19.1. The van der Waals surface area contributed by atoms with Crippen LogP contribution in [0.25, 0.3) is 39.5 Å². The minimum atomic E-state index is -0.152. The number of amidine groups is 1. The maximum atomic E-state index is 13.4. The van der Waals surface area contributed by atoms with Crippen LogP contribution in [0.5, 0.6) is 0 Å². The molecule has 0 spiro atoms. The lowest BCUT2D eigenvalue weighted by Gasteiger charge is -2.56. The van der Waals surface area contributed by atoms with Gasteiger partial charge in [0.25, 0.3) is 0 Å². The van der Waals surface area contributed by atoms with E-state index in [0.717, 1.165) is 149 Å². The normalized spacial score (nSPS) is 19.6. The molecule has 0 amide bonds. The molecule has 21 heteroatoms. The predicted octanol–water partition coefficient (Wildman–Crippen LogP) is 11.9. The number of hydrogen-bond donors (Lipinski definition) is 3. The van der Waals surface area contributed by atoms with Crippen molar-refractivity contribution in [1.29, 1.82) is 0 Å². The molecule has 3 aliphatic carbocycles. The Kier molecular flexibility index (Phi) is 18.7. The first-order chi connectivity index (χ1) is 45.8. The molecule has 94 heavy (non-hydrogen) atoms. The van der Waals surface area contributed by atoms with Gasteiger partial charge in [-0.1, -0.05) is 36.4 Å². The van der Waals surface area contributed by atoms with Crippen LogP contribution in [0.15, 0.2) is 181 Å². The topological polar surface area (TPSA) is 225 Å². The minimum absolute atomic E-state index is 0.100. The van der Waals surface area contributed by atoms with Crippen LogP contribution in [-0.4, -0.2) is 135 Å². The van der Waals surface area contributed by atoms with Crippen molar-refractivity contribution in [3.63, 3.8) is 0 Å². The molecule has 0 radical (unpaired) electrons. The van der Waals surface area contributed by atoms with Crippen LogP contribution >= 0.6 is 0 Å². The number of aldehydes is 2. The van der Waals surface area contributed by atoms with E-state index < -0.39 is 0 Å². The number of carbonyl (C=O) groups is 2. The van der Waals surface area contributed by atoms with Crippen LogP contribution in [0.4, 0.5) is 26.2 Å². The fourth-order valence-electron chi connectivity index (χ4n) is 12.6. The lowest BCUT2D eigenvalue weighted by Crippen LogP contribution is -2.68. The second kappa shape index (κ2) is 28.2. The molecule has 4 bridgehead atoms. The maximum Gasteiger partial charge on any atom is 0.163 e. The summed E-state index contributed by atoms with van der Waals surface area (Å²) in [4.78, 5) is 73.5. The largest absolute Gasteiger partial charge is 0.353 e. The number of H-pyrrole nitrogens is 1. The highest BCUT2D eigenvalue weighted by Gasteiger charge is 2.45. The van der Waals surface area contributed by atoms with Crippen LogP contribution in [0.2, 0.25) is 0 Å². The minimum Gasteiger partial charge on any atom is -0.353 e. The zero-order valence-electron chi connectivity index (χ0n) is 52.8. The molecule has 10 aliphatic rings. The Labute approximate surface area is 544 Å². The molecule has 0 saturated carbocycles. The number of piperidine rings is 2. The molecule has 8 aromatic rings. The first-order valence-electron chi connectivity index (χ1n) is 31.7. The Bertz CT molecular complexity index is 4340.